The average Bonchev–Trinajstić information content (AvgIpc) is 2.70. The molecule has 0 aromatic heterocycles. The Kier molecular flexibility index (Phi) is 11.8. The van der Waals surface area contributed by atoms with Crippen LogP contribution in [0.1, 0.15) is 78.0 Å². The Labute approximate surface area is 210 Å². The number of nitrogens with one attached hydrogen (secondary N) is 3. The van der Waals surface area contributed by atoms with E-state index in [1.165, 1.54) is 0 Å². The van der Waals surface area contributed by atoms with Crippen LogP contribution in [0, 0.1) is 0 Å². The number of alkyl carbamates (subject to hydrolysis) is 2. The number of amides is 3. The van der Waals surface area contributed by atoms with Crippen molar-refractivity contribution in [3.8, 4) is 0 Å². The molecule has 0 bridgehead atoms. The highest BCUT2D eigenvalue weighted by Gasteiger charge is 2.16. The number of rotatable bonds is 11. The molecular weight excluding hydrogens is 446 g/mol. The SMILES string of the molecule is C=C(C)C(=O)NCc1cc(CCCNC(=O)OC(C)(C)C)cc(CCCNC(=O)OC(C)(C)C)c1. The first-order chi connectivity index (χ1) is 16.1. The molecule has 1 rings (SSSR count). The van der Waals surface area contributed by atoms with Crippen LogP contribution in [0.2, 0.25) is 0 Å². The number of carbonyl (C=O) groups excluding carboxylic acids is 3. The fraction of sp³-hybridized carbons (Fsp3) is 0.593. The van der Waals surface area contributed by atoms with Crippen LogP contribution in [-0.2, 0) is 33.7 Å². The summed E-state index contributed by atoms with van der Waals surface area (Å²) in [5.74, 6) is -0.180. The number of hydrogen-bond donors (Lipinski definition) is 3. The Morgan fingerprint density at radius 1 is 0.743 bits per heavy atom. The van der Waals surface area contributed by atoms with Crippen LogP contribution >= 0.6 is 0 Å². The first kappa shape index (κ1) is 30.0. The lowest BCUT2D eigenvalue weighted by Crippen LogP contribution is -2.33. The van der Waals surface area contributed by atoms with E-state index in [1.807, 2.05) is 41.5 Å². The lowest BCUT2D eigenvalue weighted by molar-refractivity contribution is -0.117. The molecule has 196 valence electrons. The van der Waals surface area contributed by atoms with Gasteiger partial charge in [0, 0.05) is 25.2 Å². The van der Waals surface area contributed by atoms with Gasteiger partial charge >= 0.3 is 12.2 Å². The molecule has 0 aliphatic carbocycles. The van der Waals surface area contributed by atoms with Gasteiger partial charge in [0.1, 0.15) is 11.2 Å². The highest BCUT2D eigenvalue weighted by molar-refractivity contribution is 5.92. The smallest absolute Gasteiger partial charge is 0.407 e. The zero-order valence-electron chi connectivity index (χ0n) is 22.4. The van der Waals surface area contributed by atoms with Gasteiger partial charge in [-0.3, -0.25) is 4.79 Å². The Hall–Kier alpha value is -3.03. The molecule has 35 heavy (non-hydrogen) atoms. The quantitative estimate of drug-likeness (QED) is 0.306. The summed E-state index contributed by atoms with van der Waals surface area (Å²) in [4.78, 5) is 35.6. The topological polar surface area (TPSA) is 106 Å². The molecule has 0 atom stereocenters. The molecular formula is C27H43N3O5. The Morgan fingerprint density at radius 3 is 1.51 bits per heavy atom. The maximum Gasteiger partial charge on any atom is 0.407 e. The van der Waals surface area contributed by atoms with Crippen molar-refractivity contribution in [1.29, 1.82) is 0 Å². The van der Waals surface area contributed by atoms with E-state index < -0.39 is 23.4 Å². The first-order valence-electron chi connectivity index (χ1n) is 12.1. The van der Waals surface area contributed by atoms with Gasteiger partial charge in [-0.15, -0.1) is 0 Å². The van der Waals surface area contributed by atoms with Gasteiger partial charge in [-0.25, -0.2) is 9.59 Å². The lowest BCUT2D eigenvalue weighted by Gasteiger charge is -2.19. The molecule has 8 nitrogen and oxygen atoms in total. The van der Waals surface area contributed by atoms with Crippen molar-refractivity contribution in [2.45, 2.75) is 91.9 Å². The monoisotopic (exact) mass is 489 g/mol. The van der Waals surface area contributed by atoms with Crippen molar-refractivity contribution in [3.63, 3.8) is 0 Å². The van der Waals surface area contributed by atoms with Crippen molar-refractivity contribution in [1.82, 2.24) is 16.0 Å². The van der Waals surface area contributed by atoms with Crippen LogP contribution in [0.25, 0.3) is 0 Å². The fourth-order valence-corrected chi connectivity index (χ4v) is 3.16. The largest absolute Gasteiger partial charge is 0.444 e. The minimum Gasteiger partial charge on any atom is -0.444 e. The minimum absolute atomic E-state index is 0.180. The van der Waals surface area contributed by atoms with Gasteiger partial charge in [0.05, 0.1) is 0 Å². The second-order valence-corrected chi connectivity index (χ2v) is 10.7. The highest BCUT2D eigenvalue weighted by atomic mass is 16.6. The Balaban J connectivity index is 2.70. The van der Waals surface area contributed by atoms with E-state index in [0.717, 1.165) is 42.4 Å². The standard InChI is InChI=1S/C27H43N3O5/c1-19(2)23(31)30-18-22-16-20(11-9-13-28-24(32)34-26(3,4)5)15-21(17-22)12-10-14-29-25(33)35-27(6,7)8/h15-17H,1,9-14,18H2,2-8H3,(H,28,32)(H,29,33)(H,30,31). The number of carbonyl (C=O) groups is 3. The molecule has 1 aromatic rings. The highest BCUT2D eigenvalue weighted by Crippen LogP contribution is 2.15. The third kappa shape index (κ3) is 14.8. The van der Waals surface area contributed by atoms with Crippen molar-refractivity contribution in [3.05, 3.63) is 47.0 Å². The normalized spacial score (nSPS) is 11.4. The molecule has 0 unspecified atom stereocenters. The predicted molar refractivity (Wildman–Crippen MR) is 138 cm³/mol. The predicted octanol–water partition coefficient (Wildman–Crippen LogP) is 4.79. The molecule has 0 radical (unpaired) electrons. The zero-order valence-corrected chi connectivity index (χ0v) is 22.4. The van der Waals surface area contributed by atoms with Crippen molar-refractivity contribution >= 4 is 18.1 Å². The summed E-state index contributed by atoms with van der Waals surface area (Å²) in [5.41, 5.74) is 2.64. The molecule has 1 aromatic carbocycles. The second kappa shape index (κ2) is 13.8. The molecule has 0 spiro atoms. The van der Waals surface area contributed by atoms with Crippen molar-refractivity contribution in [2.75, 3.05) is 13.1 Å². The van der Waals surface area contributed by atoms with Crippen LogP contribution in [0.3, 0.4) is 0 Å². The Morgan fingerprint density at radius 2 is 1.14 bits per heavy atom. The molecule has 0 saturated heterocycles. The maximum absolute atomic E-state index is 11.9. The number of aryl methyl sites for hydroxylation is 2. The van der Waals surface area contributed by atoms with Gasteiger partial charge in [0.15, 0.2) is 0 Å². The number of hydrogen-bond acceptors (Lipinski definition) is 5. The van der Waals surface area contributed by atoms with Crippen LogP contribution in [-0.4, -0.2) is 42.4 Å². The first-order valence-corrected chi connectivity index (χ1v) is 12.1. The van der Waals surface area contributed by atoms with Gasteiger partial charge < -0.3 is 25.4 Å². The van der Waals surface area contributed by atoms with E-state index in [1.54, 1.807) is 6.92 Å². The minimum atomic E-state index is -0.528. The molecule has 0 aliphatic heterocycles. The summed E-state index contributed by atoms with van der Waals surface area (Å²) in [5, 5.41) is 8.43. The van der Waals surface area contributed by atoms with E-state index >= 15 is 0 Å². The summed E-state index contributed by atoms with van der Waals surface area (Å²) in [6.07, 6.45) is 2.18. The van der Waals surface area contributed by atoms with E-state index in [-0.39, 0.29) is 5.91 Å². The van der Waals surface area contributed by atoms with Crippen LogP contribution in [0.5, 0.6) is 0 Å². The van der Waals surface area contributed by atoms with Crippen LogP contribution in [0.15, 0.2) is 30.4 Å². The fourth-order valence-electron chi connectivity index (χ4n) is 3.16. The third-order valence-corrected chi connectivity index (χ3v) is 4.57. The van der Waals surface area contributed by atoms with Gasteiger partial charge in [-0.05, 0) is 90.8 Å². The summed E-state index contributed by atoms with van der Waals surface area (Å²) < 4.78 is 10.5. The van der Waals surface area contributed by atoms with E-state index in [0.29, 0.717) is 25.2 Å². The summed E-state index contributed by atoms with van der Waals surface area (Å²) >= 11 is 0. The molecule has 3 N–H and O–H groups in total. The van der Waals surface area contributed by atoms with Crippen LogP contribution in [0.4, 0.5) is 9.59 Å². The second-order valence-electron chi connectivity index (χ2n) is 10.7. The molecule has 8 heteroatoms. The van der Waals surface area contributed by atoms with Gasteiger partial charge in [0.2, 0.25) is 5.91 Å². The maximum atomic E-state index is 11.9. The van der Waals surface area contributed by atoms with Crippen molar-refractivity contribution in [2.24, 2.45) is 0 Å². The van der Waals surface area contributed by atoms with Crippen molar-refractivity contribution < 1.29 is 23.9 Å². The molecule has 0 aliphatic rings. The molecule has 3 amide bonds. The number of ether oxygens (including phenoxy) is 2. The summed E-state index contributed by atoms with van der Waals surface area (Å²) in [6.45, 7) is 17.7. The average molecular weight is 490 g/mol. The van der Waals surface area contributed by atoms with E-state index in [9.17, 15) is 14.4 Å². The summed E-state index contributed by atoms with van der Waals surface area (Å²) in [7, 11) is 0. The van der Waals surface area contributed by atoms with E-state index in [4.69, 9.17) is 9.47 Å². The van der Waals surface area contributed by atoms with Gasteiger partial charge in [-0.2, -0.15) is 0 Å². The van der Waals surface area contributed by atoms with Gasteiger partial charge in [-0.1, -0.05) is 24.8 Å². The zero-order chi connectivity index (χ0) is 26.6. The van der Waals surface area contributed by atoms with E-state index in [2.05, 4.69) is 40.7 Å². The van der Waals surface area contributed by atoms with Crippen LogP contribution < -0.4 is 16.0 Å². The summed E-state index contributed by atoms with van der Waals surface area (Å²) in [6, 6.07) is 6.26. The number of benzene rings is 1. The molecule has 0 heterocycles. The van der Waals surface area contributed by atoms with Gasteiger partial charge in [0.25, 0.3) is 0 Å². The molecule has 0 fully saturated rings. The molecule has 0 saturated carbocycles. The third-order valence-electron chi connectivity index (χ3n) is 4.57. The lowest BCUT2D eigenvalue weighted by atomic mass is 9.99. The Bertz CT molecular complexity index is 828.